The van der Waals surface area contributed by atoms with Crippen molar-refractivity contribution in [2.45, 2.75) is 161 Å². The summed E-state index contributed by atoms with van der Waals surface area (Å²) in [7, 11) is 7.03. The number of ether oxygens (including phenoxy) is 3. The van der Waals surface area contributed by atoms with Crippen LogP contribution in [0.5, 0.6) is 5.75 Å². The van der Waals surface area contributed by atoms with Gasteiger partial charge in [-0.2, -0.15) is 0 Å². The molecule has 2 saturated heterocycles. The van der Waals surface area contributed by atoms with Crippen molar-refractivity contribution < 1.29 is 57.8 Å². The lowest BCUT2D eigenvalue weighted by Gasteiger charge is -2.48. The number of nitro benzene ring substituents is 1. The van der Waals surface area contributed by atoms with E-state index in [-0.39, 0.29) is 68.3 Å². The average molecular weight is 1100 g/mol. The minimum Gasteiger partial charge on any atom is -0.490 e. The topological polar surface area (TPSA) is 273 Å². The van der Waals surface area contributed by atoms with Crippen LogP contribution in [0.4, 0.5) is 5.69 Å². The highest BCUT2D eigenvalue weighted by atomic mass is 16.6. The predicted octanol–water partition coefficient (Wildman–Crippen LogP) is 3.98. The quantitative estimate of drug-likeness (QED) is 0.0728. The molecule has 7 amide bonds. The highest BCUT2D eigenvalue weighted by molar-refractivity contribution is 5.99. The number of para-hydroxylation sites is 1. The van der Waals surface area contributed by atoms with Crippen LogP contribution in [0, 0.1) is 27.9 Å². The summed E-state index contributed by atoms with van der Waals surface area (Å²) in [6.45, 7) is 16.2. The van der Waals surface area contributed by atoms with Gasteiger partial charge in [-0.15, -0.1) is 0 Å². The number of aromatic nitrogens is 1. The number of fused-ring (bicyclic) bond motifs is 3. The minimum atomic E-state index is -1.50. The number of aliphatic hydroxyl groups is 1. The highest BCUT2D eigenvalue weighted by Crippen LogP contribution is 2.34. The predicted molar refractivity (Wildman–Crippen MR) is 296 cm³/mol. The van der Waals surface area contributed by atoms with E-state index < -0.39 is 118 Å². The molecule has 0 spiro atoms. The minimum absolute atomic E-state index is 0.0157. The number of hydrogen-bond acceptors (Lipinski definition) is 13. The van der Waals surface area contributed by atoms with Crippen molar-refractivity contribution in [3.63, 3.8) is 0 Å². The Morgan fingerprint density at radius 1 is 0.785 bits per heavy atom. The molecule has 2 aliphatic rings. The zero-order chi connectivity index (χ0) is 58.8. The Morgan fingerprint density at radius 3 is 2.00 bits per heavy atom. The van der Waals surface area contributed by atoms with E-state index in [0.29, 0.717) is 16.5 Å². The molecule has 2 fully saturated rings. The molecule has 0 saturated carbocycles. The number of hydrogen-bond donors (Lipinski definition) is 5. The van der Waals surface area contributed by atoms with Crippen LogP contribution in [0.25, 0.3) is 10.9 Å². The van der Waals surface area contributed by atoms with E-state index in [1.807, 2.05) is 83.5 Å². The maximum Gasteiger partial charge on any atom is 0.311 e. The monoisotopic (exact) mass is 1100 g/mol. The number of aliphatic hydroxyl groups excluding tert-OH is 1. The summed E-state index contributed by atoms with van der Waals surface area (Å²) in [5.74, 6) is -5.92. The lowest BCUT2D eigenvalue weighted by molar-refractivity contribution is -0.385. The Hall–Kier alpha value is -6.91. The second kappa shape index (κ2) is 27.3. The van der Waals surface area contributed by atoms with Crippen molar-refractivity contribution in [1.29, 1.82) is 0 Å². The second-order valence-electron chi connectivity index (χ2n) is 22.3. The standard InChI is InChI=1S/C57H83N9O13/c1-15-16-20-39-49(68)61-41(29-37-30-64(42-21-18-17-19-38(37)42)57(8,9)48(67)31-77-12)54(73)62(10)44(24-32(2)3)51(70)60-40(27-36-22-23-47(78-13)43(28-36)66(75)76)50(69)58-35(7)53(72)63(11)46-26-34(6)56(79-14)65(55(46)74)45(25-33(4)5)52(71)59-39/h15-19,21-23,28,30,32-35,39-41,44-46,48,56,67H,20,24-27,29,31H2,1-14H3,(H,58,69)(H,59,71)(H,60,70)(H,61,68)/b16-15+/t34?,35-,39-,40-,41-,44-,45-,46-,48+,56+/m0/s1. The van der Waals surface area contributed by atoms with Crippen LogP contribution in [0.2, 0.25) is 0 Å². The summed E-state index contributed by atoms with van der Waals surface area (Å²) >= 11 is 0. The normalized spacial score (nSPS) is 25.1. The molecule has 2 bridgehead atoms. The van der Waals surface area contributed by atoms with Gasteiger partial charge >= 0.3 is 5.69 Å². The van der Waals surface area contributed by atoms with Crippen LogP contribution in [0.3, 0.4) is 0 Å². The van der Waals surface area contributed by atoms with Gasteiger partial charge in [-0.25, -0.2) is 0 Å². The van der Waals surface area contributed by atoms with Crippen molar-refractivity contribution in [3.05, 3.63) is 82.1 Å². The van der Waals surface area contributed by atoms with Gasteiger partial charge < -0.3 is 59.9 Å². The van der Waals surface area contributed by atoms with Gasteiger partial charge in [0.05, 0.1) is 24.2 Å². The van der Waals surface area contributed by atoms with Crippen molar-refractivity contribution in [2.24, 2.45) is 17.8 Å². The van der Waals surface area contributed by atoms with Gasteiger partial charge in [0.2, 0.25) is 41.4 Å². The van der Waals surface area contributed by atoms with Crippen LogP contribution in [-0.4, -0.2) is 167 Å². The Kier molecular flexibility index (Phi) is 21.8. The molecule has 79 heavy (non-hydrogen) atoms. The molecule has 3 heterocycles. The maximum absolute atomic E-state index is 15.5. The number of piperidine rings is 1. The lowest BCUT2D eigenvalue weighted by atomic mass is 9.88. The van der Waals surface area contributed by atoms with Crippen LogP contribution in [0.15, 0.2) is 60.8 Å². The first kappa shape index (κ1) is 62.9. The smallest absolute Gasteiger partial charge is 0.311 e. The molecule has 5 N–H and O–H groups in total. The molecule has 0 aliphatic carbocycles. The second-order valence-corrected chi connectivity index (χ2v) is 22.3. The molecular formula is C57H83N9O13. The van der Waals surface area contributed by atoms with Crippen LogP contribution >= 0.6 is 0 Å². The summed E-state index contributed by atoms with van der Waals surface area (Å²) < 4.78 is 18.4. The third kappa shape index (κ3) is 14.7. The molecule has 1 aromatic heterocycles. The number of benzene rings is 2. The van der Waals surface area contributed by atoms with E-state index in [4.69, 9.17) is 14.2 Å². The Labute approximate surface area is 463 Å². The van der Waals surface area contributed by atoms with E-state index in [0.717, 1.165) is 0 Å². The van der Waals surface area contributed by atoms with Gasteiger partial charge in [0, 0.05) is 70.2 Å². The molecule has 5 rings (SSSR count). The number of likely N-dealkylation sites (N-methyl/N-ethyl adjacent to an activating group) is 2. The van der Waals surface area contributed by atoms with E-state index in [2.05, 4.69) is 21.3 Å². The molecule has 2 aromatic carbocycles. The largest absolute Gasteiger partial charge is 0.490 e. The lowest BCUT2D eigenvalue weighted by Crippen LogP contribution is -2.66. The van der Waals surface area contributed by atoms with Gasteiger partial charge in [0.1, 0.15) is 54.6 Å². The van der Waals surface area contributed by atoms with Gasteiger partial charge in [0.15, 0.2) is 5.75 Å². The zero-order valence-corrected chi connectivity index (χ0v) is 48.2. The molecule has 10 atom stereocenters. The van der Waals surface area contributed by atoms with Crippen LogP contribution < -0.4 is 26.0 Å². The molecular weight excluding hydrogens is 1020 g/mol. The molecule has 3 aromatic rings. The Balaban J connectivity index is 1.74. The SMILES string of the molecule is C/C=C/C[C@@H]1NC(=O)[C@H](CC(C)C)N2C(=O)[C@H](CC(C)[C@H]2OC)N(C)C(=O)[C@H](C)NC(=O)[C@H](Cc2ccc(OC)c([N+](=O)[O-])c2)NC(=O)[C@H](CC(C)C)N(C)C(=O)[C@H](Cc2cn(C(C)(C)[C@H](O)COC)c3ccccc23)NC1=O. The maximum atomic E-state index is 15.5. The van der Waals surface area contributed by atoms with Crippen molar-refractivity contribution in [1.82, 2.24) is 40.5 Å². The van der Waals surface area contributed by atoms with Crippen molar-refractivity contribution >= 4 is 57.9 Å². The number of carbonyl (C=O) groups is 7. The summed E-state index contributed by atoms with van der Waals surface area (Å²) in [6, 6.07) is 2.32. The summed E-state index contributed by atoms with van der Waals surface area (Å²) in [4.78, 5) is 120. The molecule has 434 valence electrons. The van der Waals surface area contributed by atoms with E-state index in [1.54, 1.807) is 19.1 Å². The number of amides is 7. The zero-order valence-electron chi connectivity index (χ0n) is 48.2. The van der Waals surface area contributed by atoms with E-state index >= 15 is 19.2 Å². The van der Waals surface area contributed by atoms with Gasteiger partial charge in [-0.05, 0) is 88.5 Å². The molecule has 22 nitrogen and oxygen atoms in total. The third-order valence-electron chi connectivity index (χ3n) is 15.2. The van der Waals surface area contributed by atoms with Crippen molar-refractivity contribution in [3.8, 4) is 5.75 Å². The number of methoxy groups -OCH3 is 3. The van der Waals surface area contributed by atoms with Gasteiger partial charge in [-0.1, -0.05) is 71.0 Å². The van der Waals surface area contributed by atoms with Gasteiger partial charge in [-0.3, -0.25) is 43.7 Å². The number of rotatable bonds is 17. The fourth-order valence-corrected chi connectivity index (χ4v) is 10.7. The summed E-state index contributed by atoms with van der Waals surface area (Å²) in [6.07, 6.45) is 3.12. The van der Waals surface area contributed by atoms with E-state index in [9.17, 15) is 29.6 Å². The number of carbonyl (C=O) groups excluding carboxylic acids is 7. The Morgan fingerprint density at radius 2 is 1.39 bits per heavy atom. The number of allylic oxidation sites excluding steroid dienone is 1. The fourth-order valence-electron chi connectivity index (χ4n) is 10.7. The average Bonchev–Trinajstić information content (AvgIpc) is 3.87. The number of nitrogens with zero attached hydrogens (tertiary/aromatic N) is 5. The van der Waals surface area contributed by atoms with Gasteiger partial charge in [0.25, 0.3) is 0 Å². The molecule has 2 aliphatic heterocycles. The van der Waals surface area contributed by atoms with Crippen molar-refractivity contribution in [2.75, 3.05) is 42.0 Å². The summed E-state index contributed by atoms with van der Waals surface area (Å²) in [5, 5.41) is 35.6. The third-order valence-corrected chi connectivity index (χ3v) is 15.2. The molecule has 0 radical (unpaired) electrons. The van der Waals surface area contributed by atoms with Crippen LogP contribution in [-0.2, 0) is 61.4 Å². The first-order chi connectivity index (χ1) is 37.2. The Bertz CT molecular complexity index is 2720. The highest BCUT2D eigenvalue weighted by Gasteiger charge is 2.49. The summed E-state index contributed by atoms with van der Waals surface area (Å²) in [5.41, 5.74) is 0.215. The number of nitro groups is 1. The fraction of sp³-hybridized carbons (Fsp3) is 0.596. The van der Waals surface area contributed by atoms with E-state index in [1.165, 1.54) is 75.2 Å². The first-order valence-electron chi connectivity index (χ1n) is 27.0. The molecule has 22 heteroatoms. The first-order valence-corrected chi connectivity index (χ1v) is 27.0. The molecule has 1 unspecified atom stereocenters. The van der Waals surface area contributed by atoms with Crippen LogP contribution in [0.1, 0.15) is 99.1 Å². The number of nitrogens with one attached hydrogen (secondary N) is 4.